The molecule has 32 heavy (non-hydrogen) atoms. The molecule has 1 saturated heterocycles. The number of carbonyl (C=O) groups excluding carboxylic acids is 1. The van der Waals surface area contributed by atoms with Crippen LogP contribution in [0.25, 0.3) is 11.1 Å². The number of aliphatic hydroxyl groups excluding tert-OH is 1. The minimum atomic E-state index is -0.329. The zero-order chi connectivity index (χ0) is 21.8. The Labute approximate surface area is 187 Å². The van der Waals surface area contributed by atoms with Crippen LogP contribution in [-0.4, -0.2) is 50.7 Å². The third-order valence-corrected chi connectivity index (χ3v) is 8.08. The fourth-order valence-corrected chi connectivity index (χ4v) is 5.97. The highest BCUT2D eigenvalue weighted by atomic mass is 16.3. The largest absolute Gasteiger partial charge is 0.396 e. The van der Waals surface area contributed by atoms with Crippen molar-refractivity contribution in [2.24, 2.45) is 17.8 Å². The molecule has 168 valence electrons. The summed E-state index contributed by atoms with van der Waals surface area (Å²) in [4.78, 5) is 33.5. The van der Waals surface area contributed by atoms with Crippen LogP contribution in [0, 0.1) is 17.8 Å². The number of aliphatic hydroxyl groups is 1. The van der Waals surface area contributed by atoms with Crippen LogP contribution in [0.3, 0.4) is 0 Å². The van der Waals surface area contributed by atoms with Gasteiger partial charge in [-0.2, -0.15) is 0 Å². The molecule has 3 fully saturated rings. The second-order valence-corrected chi connectivity index (χ2v) is 9.98. The van der Waals surface area contributed by atoms with E-state index in [2.05, 4.69) is 15.2 Å². The number of rotatable bonds is 6. The van der Waals surface area contributed by atoms with Gasteiger partial charge in [-0.05, 0) is 67.9 Å². The number of pyridine rings is 2. The van der Waals surface area contributed by atoms with Gasteiger partial charge >= 0.3 is 0 Å². The minimum absolute atomic E-state index is 0.000584. The van der Waals surface area contributed by atoms with E-state index in [0.717, 1.165) is 37.1 Å². The molecule has 7 nitrogen and oxygen atoms in total. The predicted molar refractivity (Wildman–Crippen MR) is 120 cm³/mol. The maximum atomic E-state index is 13.5. The topological polar surface area (TPSA) is 87.5 Å². The predicted octanol–water partition coefficient (Wildman–Crippen LogP) is 1.95. The summed E-state index contributed by atoms with van der Waals surface area (Å²) >= 11 is 0. The first kappa shape index (κ1) is 20.1. The Bertz CT molecular complexity index is 1080. The second kappa shape index (κ2) is 7.81. The smallest absolute Gasteiger partial charge is 0.258 e. The maximum absolute atomic E-state index is 13.5. The van der Waals surface area contributed by atoms with E-state index in [1.54, 1.807) is 12.4 Å². The molecule has 7 heteroatoms. The van der Waals surface area contributed by atoms with Crippen LogP contribution in [0.5, 0.6) is 0 Å². The summed E-state index contributed by atoms with van der Waals surface area (Å²) in [5, 5.41) is 13.6. The average molecular weight is 435 g/mol. The first-order valence-electron chi connectivity index (χ1n) is 12.0. The number of hydrogen-bond donors (Lipinski definition) is 2. The number of hydrogen-bond acceptors (Lipinski definition) is 5. The van der Waals surface area contributed by atoms with Crippen molar-refractivity contribution in [2.75, 3.05) is 13.2 Å². The van der Waals surface area contributed by atoms with E-state index in [1.165, 1.54) is 12.8 Å². The Balaban J connectivity index is 1.42. The zero-order valence-corrected chi connectivity index (χ0v) is 18.2. The van der Waals surface area contributed by atoms with Crippen LogP contribution >= 0.6 is 0 Å². The van der Waals surface area contributed by atoms with Crippen molar-refractivity contribution in [2.45, 2.75) is 56.8 Å². The van der Waals surface area contributed by atoms with E-state index in [4.69, 9.17) is 0 Å². The molecule has 2 aliphatic carbocycles. The lowest BCUT2D eigenvalue weighted by molar-refractivity contribution is -0.128. The Kier molecular flexibility index (Phi) is 4.91. The third kappa shape index (κ3) is 3.21. The van der Waals surface area contributed by atoms with Crippen molar-refractivity contribution in [3.63, 3.8) is 0 Å². The standard InChI is InChI=1S/C25H30N4O3/c30-14-19-21-13-29-20(7-6-18(25(29)32)16-8-10-26-11-9-16)23(28(21)12-15-4-5-15)22(19)24(31)27-17-2-1-3-17/h6-11,15,17,19,21-23,30H,1-5,12-14H2,(H,27,31)/t19-,21-,22+,23+/m0/s1. The summed E-state index contributed by atoms with van der Waals surface area (Å²) in [6.07, 6.45) is 9.08. The Morgan fingerprint density at radius 1 is 1.12 bits per heavy atom. The van der Waals surface area contributed by atoms with Gasteiger partial charge in [-0.25, -0.2) is 0 Å². The number of carbonyl (C=O) groups is 1. The van der Waals surface area contributed by atoms with Gasteiger partial charge in [0.2, 0.25) is 5.91 Å². The molecular formula is C25H30N4O3. The molecule has 2 aromatic rings. The molecule has 2 N–H and O–H groups in total. The van der Waals surface area contributed by atoms with E-state index in [9.17, 15) is 14.7 Å². The maximum Gasteiger partial charge on any atom is 0.258 e. The SMILES string of the molecule is O=C(NC1CCC1)[C@@H]1[C@@H](CO)[C@@H]2Cn3c(ccc(-c4ccncc4)c3=O)[C@H]1N2CC1CC1. The lowest BCUT2D eigenvalue weighted by Gasteiger charge is -2.38. The van der Waals surface area contributed by atoms with Crippen molar-refractivity contribution in [3.8, 4) is 11.1 Å². The van der Waals surface area contributed by atoms with Gasteiger partial charge < -0.3 is 15.0 Å². The normalized spacial score (nSPS) is 29.4. The summed E-state index contributed by atoms with van der Waals surface area (Å²) in [5.41, 5.74) is 2.40. The Morgan fingerprint density at radius 3 is 2.56 bits per heavy atom. The lowest BCUT2D eigenvalue weighted by atomic mass is 9.85. The summed E-state index contributed by atoms with van der Waals surface area (Å²) in [5.74, 6) is 0.218. The average Bonchev–Trinajstić information content (AvgIpc) is 3.56. The molecule has 0 radical (unpaired) electrons. The highest BCUT2D eigenvalue weighted by Crippen LogP contribution is 2.50. The second-order valence-electron chi connectivity index (χ2n) is 9.98. The molecular weight excluding hydrogens is 404 g/mol. The minimum Gasteiger partial charge on any atom is -0.396 e. The molecule has 4 aliphatic rings. The van der Waals surface area contributed by atoms with Gasteiger partial charge in [0.1, 0.15) is 0 Å². The molecule has 0 unspecified atom stereocenters. The molecule has 6 rings (SSSR count). The quantitative estimate of drug-likeness (QED) is 0.726. The van der Waals surface area contributed by atoms with Gasteiger partial charge in [0.25, 0.3) is 5.56 Å². The monoisotopic (exact) mass is 434 g/mol. The van der Waals surface area contributed by atoms with Gasteiger partial charge in [-0.1, -0.05) is 0 Å². The summed E-state index contributed by atoms with van der Waals surface area (Å²) in [6.45, 7) is 1.43. The van der Waals surface area contributed by atoms with Gasteiger partial charge in [-0.3, -0.25) is 19.5 Å². The van der Waals surface area contributed by atoms with Crippen molar-refractivity contribution >= 4 is 5.91 Å². The van der Waals surface area contributed by atoms with Crippen LogP contribution in [0.2, 0.25) is 0 Å². The Hall–Kier alpha value is -2.51. The van der Waals surface area contributed by atoms with Crippen LogP contribution in [-0.2, 0) is 11.3 Å². The molecule has 2 saturated carbocycles. The summed E-state index contributed by atoms with van der Waals surface area (Å²) in [6, 6.07) is 7.73. The number of fused-ring (bicyclic) bond motifs is 4. The van der Waals surface area contributed by atoms with E-state index in [-0.39, 0.29) is 48.0 Å². The molecule has 1 amide bonds. The summed E-state index contributed by atoms with van der Waals surface area (Å²) in [7, 11) is 0. The molecule has 2 bridgehead atoms. The van der Waals surface area contributed by atoms with Crippen molar-refractivity contribution < 1.29 is 9.90 Å². The third-order valence-electron chi connectivity index (χ3n) is 8.08. The van der Waals surface area contributed by atoms with Crippen LogP contribution in [0.4, 0.5) is 0 Å². The number of nitrogens with one attached hydrogen (secondary N) is 1. The number of amides is 1. The fraction of sp³-hybridized carbons (Fsp3) is 0.560. The van der Waals surface area contributed by atoms with Gasteiger partial charge in [0.05, 0.1) is 12.0 Å². The highest BCUT2D eigenvalue weighted by molar-refractivity contribution is 5.81. The highest BCUT2D eigenvalue weighted by Gasteiger charge is 2.56. The van der Waals surface area contributed by atoms with Crippen molar-refractivity contribution in [3.05, 3.63) is 52.7 Å². The lowest BCUT2D eigenvalue weighted by Crippen LogP contribution is -2.47. The van der Waals surface area contributed by atoms with E-state index in [0.29, 0.717) is 18.0 Å². The van der Waals surface area contributed by atoms with Crippen LogP contribution < -0.4 is 10.9 Å². The first-order chi connectivity index (χ1) is 15.7. The zero-order valence-electron chi connectivity index (χ0n) is 18.2. The van der Waals surface area contributed by atoms with E-state index in [1.807, 2.05) is 28.8 Å². The molecule has 2 aliphatic heterocycles. The van der Waals surface area contributed by atoms with E-state index >= 15 is 0 Å². The van der Waals surface area contributed by atoms with Crippen LogP contribution in [0.1, 0.15) is 43.8 Å². The fourth-order valence-electron chi connectivity index (χ4n) is 5.97. The summed E-state index contributed by atoms with van der Waals surface area (Å²) < 4.78 is 1.87. The molecule has 4 heterocycles. The molecule has 4 atom stereocenters. The van der Waals surface area contributed by atoms with E-state index < -0.39 is 0 Å². The molecule has 2 aromatic heterocycles. The number of aromatic nitrogens is 2. The Morgan fingerprint density at radius 2 is 1.91 bits per heavy atom. The number of nitrogens with zero attached hydrogens (tertiary/aromatic N) is 3. The first-order valence-corrected chi connectivity index (χ1v) is 12.0. The van der Waals surface area contributed by atoms with Gasteiger partial charge in [-0.15, -0.1) is 0 Å². The molecule has 0 aromatic carbocycles. The van der Waals surface area contributed by atoms with Crippen molar-refractivity contribution in [1.29, 1.82) is 0 Å². The molecule has 0 spiro atoms. The van der Waals surface area contributed by atoms with Crippen LogP contribution in [0.15, 0.2) is 41.5 Å². The van der Waals surface area contributed by atoms with Gasteiger partial charge in [0, 0.05) is 61.3 Å². The van der Waals surface area contributed by atoms with Crippen molar-refractivity contribution in [1.82, 2.24) is 19.8 Å². The van der Waals surface area contributed by atoms with Gasteiger partial charge in [0.15, 0.2) is 0 Å².